The Kier molecular flexibility index (Phi) is 8.03. The molecule has 0 bridgehead atoms. The second-order valence-corrected chi connectivity index (χ2v) is 10.3. The predicted molar refractivity (Wildman–Crippen MR) is 133 cm³/mol. The molecule has 4 rings (SSSR count). The molecule has 2 saturated heterocycles. The number of pyridine rings is 1. The highest BCUT2D eigenvalue weighted by molar-refractivity contribution is 6.05. The van der Waals surface area contributed by atoms with Crippen molar-refractivity contribution < 1.29 is 14.3 Å². The Morgan fingerprint density at radius 2 is 1.91 bits per heavy atom. The van der Waals surface area contributed by atoms with Crippen molar-refractivity contribution in [2.24, 2.45) is 11.8 Å². The number of fused-ring (bicyclic) bond motifs is 1. The molecule has 2 fully saturated rings. The Balaban J connectivity index is 1.70. The van der Waals surface area contributed by atoms with E-state index in [0.29, 0.717) is 44.5 Å². The van der Waals surface area contributed by atoms with Crippen LogP contribution in [0, 0.1) is 11.8 Å². The third-order valence-electron chi connectivity index (χ3n) is 6.85. The van der Waals surface area contributed by atoms with Crippen molar-refractivity contribution in [3.8, 4) is 0 Å². The molecule has 2 unspecified atom stereocenters. The molecule has 2 atom stereocenters. The van der Waals surface area contributed by atoms with E-state index in [4.69, 9.17) is 9.47 Å². The lowest BCUT2D eigenvalue weighted by Gasteiger charge is -2.37. The zero-order valence-corrected chi connectivity index (χ0v) is 21.1. The smallest absolute Gasteiger partial charge is 0.330 e. The topological polar surface area (TPSA) is 119 Å². The number of carbonyl (C=O) groups excluding carboxylic acids is 1. The fraction of sp³-hybridized carbons (Fsp3) is 0.680. The average molecular weight is 488 g/mol. The molecule has 0 spiro atoms. The third kappa shape index (κ3) is 5.65. The molecule has 2 aromatic rings. The van der Waals surface area contributed by atoms with Crippen LogP contribution < -0.4 is 16.6 Å². The summed E-state index contributed by atoms with van der Waals surface area (Å²) in [6, 6.07) is 1.81. The van der Waals surface area contributed by atoms with Gasteiger partial charge in [0, 0.05) is 50.4 Å². The van der Waals surface area contributed by atoms with Crippen LogP contribution in [0.5, 0.6) is 0 Å². The van der Waals surface area contributed by atoms with Gasteiger partial charge >= 0.3 is 5.69 Å². The van der Waals surface area contributed by atoms with Crippen LogP contribution in [0.15, 0.2) is 15.7 Å². The molecule has 35 heavy (non-hydrogen) atoms. The lowest BCUT2D eigenvalue weighted by molar-refractivity contribution is 0.00167. The van der Waals surface area contributed by atoms with Crippen molar-refractivity contribution >= 4 is 16.9 Å². The standard InChI is InChI=1S/C25H37N5O5/c1-15(2)13-30-22-21(24(32)28-25(30)33)18(11-19(27-22)16(3)4)23(31)26-12-20(17-5-8-35-14-17)29-6-9-34-10-7-29/h11,15-17,20H,5-10,12-14H2,1-4H3,(H,26,31)(H,28,32,33). The van der Waals surface area contributed by atoms with Crippen molar-refractivity contribution in [2.45, 2.75) is 52.6 Å². The molecule has 2 aliphatic rings. The van der Waals surface area contributed by atoms with E-state index in [1.54, 1.807) is 6.07 Å². The Labute approximate surface area is 205 Å². The van der Waals surface area contributed by atoms with Gasteiger partial charge in [0.15, 0.2) is 5.65 Å². The summed E-state index contributed by atoms with van der Waals surface area (Å²) in [5, 5.41) is 3.24. The summed E-state index contributed by atoms with van der Waals surface area (Å²) < 4.78 is 12.6. The number of ether oxygens (including phenoxy) is 2. The molecule has 2 aliphatic heterocycles. The predicted octanol–water partition coefficient (Wildman–Crippen LogP) is 1.33. The SMILES string of the molecule is CC(C)Cn1c(=O)[nH]c(=O)c2c(C(=O)NCC(C3CCOC3)N3CCOCC3)cc(C(C)C)nc21. The Morgan fingerprint density at radius 3 is 2.54 bits per heavy atom. The minimum atomic E-state index is -0.591. The lowest BCUT2D eigenvalue weighted by atomic mass is 9.96. The van der Waals surface area contributed by atoms with Gasteiger partial charge in [-0.25, -0.2) is 9.78 Å². The molecular weight excluding hydrogens is 450 g/mol. The maximum absolute atomic E-state index is 13.6. The van der Waals surface area contributed by atoms with Gasteiger partial charge in [-0.15, -0.1) is 0 Å². The number of H-pyrrole nitrogens is 1. The van der Waals surface area contributed by atoms with Crippen LogP contribution in [-0.4, -0.2) is 77.4 Å². The maximum Gasteiger partial charge on any atom is 0.330 e. The van der Waals surface area contributed by atoms with Gasteiger partial charge in [0.05, 0.1) is 30.8 Å². The van der Waals surface area contributed by atoms with Crippen molar-refractivity contribution in [3.05, 3.63) is 38.2 Å². The van der Waals surface area contributed by atoms with Gasteiger partial charge in [0.1, 0.15) is 0 Å². The first kappa shape index (κ1) is 25.5. The number of nitrogens with zero attached hydrogens (tertiary/aromatic N) is 3. The van der Waals surface area contributed by atoms with E-state index in [1.165, 1.54) is 4.57 Å². The number of hydrogen-bond donors (Lipinski definition) is 2. The Bertz CT molecular complexity index is 1160. The summed E-state index contributed by atoms with van der Waals surface area (Å²) in [5.74, 6) is 0.168. The molecule has 10 nitrogen and oxygen atoms in total. The van der Waals surface area contributed by atoms with Gasteiger partial charge in [0.2, 0.25) is 0 Å². The molecule has 4 heterocycles. The van der Waals surface area contributed by atoms with E-state index in [9.17, 15) is 14.4 Å². The summed E-state index contributed by atoms with van der Waals surface area (Å²) in [6.07, 6.45) is 0.953. The van der Waals surface area contributed by atoms with Gasteiger partial charge < -0.3 is 14.8 Å². The number of morpholine rings is 1. The number of rotatable bonds is 8. The van der Waals surface area contributed by atoms with Crippen LogP contribution in [0.3, 0.4) is 0 Å². The summed E-state index contributed by atoms with van der Waals surface area (Å²) in [5.41, 5.74) is 0.0779. The fourth-order valence-corrected chi connectivity index (χ4v) is 4.95. The molecule has 0 radical (unpaired) electrons. The molecule has 0 aliphatic carbocycles. The number of hydrogen-bond acceptors (Lipinski definition) is 7. The molecular formula is C25H37N5O5. The molecule has 0 aromatic carbocycles. The fourth-order valence-electron chi connectivity index (χ4n) is 4.95. The van der Waals surface area contributed by atoms with Gasteiger partial charge in [-0.1, -0.05) is 27.7 Å². The van der Waals surface area contributed by atoms with Crippen LogP contribution in [0.25, 0.3) is 11.0 Å². The molecule has 192 valence electrons. The second kappa shape index (κ2) is 11.0. The molecule has 1 amide bonds. The van der Waals surface area contributed by atoms with Crippen molar-refractivity contribution in [1.29, 1.82) is 0 Å². The summed E-state index contributed by atoms with van der Waals surface area (Å²) in [7, 11) is 0. The zero-order chi connectivity index (χ0) is 25.1. The minimum Gasteiger partial charge on any atom is -0.381 e. The molecule has 2 aromatic heterocycles. The number of amides is 1. The van der Waals surface area contributed by atoms with Crippen molar-refractivity contribution in [2.75, 3.05) is 46.1 Å². The highest BCUT2D eigenvalue weighted by Crippen LogP contribution is 2.23. The summed E-state index contributed by atoms with van der Waals surface area (Å²) in [6.45, 7) is 13.1. The number of aromatic nitrogens is 3. The average Bonchev–Trinajstić information content (AvgIpc) is 3.36. The van der Waals surface area contributed by atoms with E-state index in [0.717, 1.165) is 26.1 Å². The summed E-state index contributed by atoms with van der Waals surface area (Å²) >= 11 is 0. The molecule has 0 saturated carbocycles. The highest BCUT2D eigenvalue weighted by Gasteiger charge is 2.32. The number of nitrogens with one attached hydrogen (secondary N) is 2. The van der Waals surface area contributed by atoms with Gasteiger partial charge in [-0.3, -0.25) is 24.0 Å². The van der Waals surface area contributed by atoms with Crippen LogP contribution in [0.2, 0.25) is 0 Å². The minimum absolute atomic E-state index is 0.0181. The molecule has 10 heteroatoms. The number of aromatic amines is 1. The largest absolute Gasteiger partial charge is 0.381 e. The van der Waals surface area contributed by atoms with Gasteiger partial charge in [-0.2, -0.15) is 0 Å². The van der Waals surface area contributed by atoms with Gasteiger partial charge in [0.25, 0.3) is 11.5 Å². The van der Waals surface area contributed by atoms with Crippen LogP contribution >= 0.6 is 0 Å². The first-order chi connectivity index (χ1) is 16.8. The normalized spacial score (nSPS) is 20.1. The van der Waals surface area contributed by atoms with Crippen LogP contribution in [0.1, 0.15) is 56.1 Å². The van der Waals surface area contributed by atoms with E-state index in [2.05, 4.69) is 20.2 Å². The van der Waals surface area contributed by atoms with Crippen molar-refractivity contribution in [3.63, 3.8) is 0 Å². The van der Waals surface area contributed by atoms with Crippen LogP contribution in [0.4, 0.5) is 0 Å². The summed E-state index contributed by atoms with van der Waals surface area (Å²) in [4.78, 5) is 48.5. The first-order valence-electron chi connectivity index (χ1n) is 12.6. The maximum atomic E-state index is 13.6. The monoisotopic (exact) mass is 487 g/mol. The zero-order valence-electron chi connectivity index (χ0n) is 21.1. The van der Waals surface area contributed by atoms with E-state index in [1.807, 2.05) is 27.7 Å². The highest BCUT2D eigenvalue weighted by atomic mass is 16.5. The third-order valence-corrected chi connectivity index (χ3v) is 6.85. The quantitative estimate of drug-likeness (QED) is 0.577. The lowest BCUT2D eigenvalue weighted by Crippen LogP contribution is -2.52. The molecule has 2 N–H and O–H groups in total. The second-order valence-electron chi connectivity index (χ2n) is 10.3. The Hall–Kier alpha value is -2.56. The Morgan fingerprint density at radius 1 is 1.17 bits per heavy atom. The van der Waals surface area contributed by atoms with Crippen molar-refractivity contribution in [1.82, 2.24) is 24.8 Å². The van der Waals surface area contributed by atoms with Gasteiger partial charge in [-0.05, 0) is 24.3 Å². The van der Waals surface area contributed by atoms with E-state index < -0.39 is 11.2 Å². The first-order valence-corrected chi connectivity index (χ1v) is 12.6. The van der Waals surface area contributed by atoms with E-state index >= 15 is 0 Å². The van der Waals surface area contributed by atoms with Crippen LogP contribution in [-0.2, 0) is 16.0 Å². The number of carbonyl (C=O) groups is 1. The van der Waals surface area contributed by atoms with E-state index in [-0.39, 0.29) is 40.4 Å².